The molecule has 0 spiro atoms. The lowest BCUT2D eigenvalue weighted by atomic mass is 9.97. The summed E-state index contributed by atoms with van der Waals surface area (Å²) in [7, 11) is 0. The van der Waals surface area contributed by atoms with Gasteiger partial charge in [0.25, 0.3) is 0 Å². The molecule has 0 saturated heterocycles. The van der Waals surface area contributed by atoms with Crippen LogP contribution in [-0.2, 0) is 19.4 Å². The van der Waals surface area contributed by atoms with Crippen molar-refractivity contribution in [2.75, 3.05) is 13.1 Å². The number of thiocarbonyl (C=S) groups is 1. The van der Waals surface area contributed by atoms with Crippen LogP contribution in [0.2, 0.25) is 5.02 Å². The van der Waals surface area contributed by atoms with E-state index in [0.29, 0.717) is 41.8 Å². The van der Waals surface area contributed by atoms with Gasteiger partial charge in [0.05, 0.1) is 4.92 Å². The number of nitrogens with one attached hydrogen (secondary N) is 1. The minimum absolute atomic E-state index is 0.191. The second-order valence-electron chi connectivity index (χ2n) is 6.11. The third kappa shape index (κ3) is 4.05. The van der Waals surface area contributed by atoms with E-state index in [1.807, 2.05) is 29.2 Å². The molecule has 2 aromatic rings. The summed E-state index contributed by atoms with van der Waals surface area (Å²) in [4.78, 5) is 12.7. The van der Waals surface area contributed by atoms with Gasteiger partial charge in [-0.25, -0.2) is 0 Å². The molecule has 0 unspecified atom stereocenters. The van der Waals surface area contributed by atoms with Crippen LogP contribution < -0.4 is 5.32 Å². The van der Waals surface area contributed by atoms with Crippen LogP contribution in [0.3, 0.4) is 0 Å². The predicted octanol–water partition coefficient (Wildman–Crippen LogP) is 3.43. The van der Waals surface area contributed by atoms with Gasteiger partial charge in [-0.05, 0) is 54.4 Å². The molecular formula is C18H18ClN3O3S. The van der Waals surface area contributed by atoms with Gasteiger partial charge in [-0.3, -0.25) is 10.1 Å². The zero-order valence-electron chi connectivity index (χ0n) is 13.9. The Hall–Kier alpha value is -2.38. The Morgan fingerprint density at radius 3 is 2.73 bits per heavy atom. The first-order valence-electron chi connectivity index (χ1n) is 8.21. The summed E-state index contributed by atoms with van der Waals surface area (Å²) in [6.07, 6.45) is 1.29. The van der Waals surface area contributed by atoms with Gasteiger partial charge in [0, 0.05) is 30.2 Å². The van der Waals surface area contributed by atoms with Gasteiger partial charge in [0.1, 0.15) is 0 Å². The summed E-state index contributed by atoms with van der Waals surface area (Å²) < 4.78 is 0. The fourth-order valence-electron chi connectivity index (χ4n) is 3.08. The number of hydrogen-bond acceptors (Lipinski definition) is 4. The molecule has 3 rings (SSSR count). The van der Waals surface area contributed by atoms with Gasteiger partial charge >= 0.3 is 5.69 Å². The molecule has 2 N–H and O–H groups in total. The van der Waals surface area contributed by atoms with Gasteiger partial charge in [-0.15, -0.1) is 0 Å². The zero-order chi connectivity index (χ0) is 18.7. The summed E-state index contributed by atoms with van der Waals surface area (Å²) in [5.74, 6) is -0.286. The number of halogens is 1. The van der Waals surface area contributed by atoms with Crippen molar-refractivity contribution in [3.63, 3.8) is 0 Å². The van der Waals surface area contributed by atoms with E-state index in [-0.39, 0.29) is 11.4 Å². The maximum absolute atomic E-state index is 11.2. The zero-order valence-corrected chi connectivity index (χ0v) is 15.5. The van der Waals surface area contributed by atoms with Crippen LogP contribution >= 0.6 is 23.8 Å². The highest BCUT2D eigenvalue weighted by atomic mass is 35.5. The van der Waals surface area contributed by atoms with E-state index >= 15 is 0 Å². The molecule has 8 heteroatoms. The van der Waals surface area contributed by atoms with E-state index in [2.05, 4.69) is 5.32 Å². The van der Waals surface area contributed by atoms with Crippen LogP contribution in [0.25, 0.3) is 0 Å². The molecule has 0 amide bonds. The molecule has 0 saturated carbocycles. The fraction of sp³-hybridized carbons (Fsp3) is 0.278. The number of benzene rings is 2. The van der Waals surface area contributed by atoms with Gasteiger partial charge < -0.3 is 15.3 Å². The number of nitro groups is 1. The van der Waals surface area contributed by atoms with Crippen molar-refractivity contribution in [2.45, 2.75) is 19.4 Å². The van der Waals surface area contributed by atoms with E-state index in [4.69, 9.17) is 23.8 Å². The topological polar surface area (TPSA) is 78.6 Å². The molecule has 0 atom stereocenters. The molecule has 0 radical (unpaired) electrons. The number of phenolic OH excluding ortho intramolecular Hbond substituents is 1. The number of hydrogen-bond donors (Lipinski definition) is 2. The van der Waals surface area contributed by atoms with E-state index < -0.39 is 4.92 Å². The lowest BCUT2D eigenvalue weighted by Crippen LogP contribution is -2.43. The van der Waals surface area contributed by atoms with Crippen molar-refractivity contribution in [2.24, 2.45) is 0 Å². The Labute approximate surface area is 161 Å². The number of nitrogens with zero attached hydrogens (tertiary/aromatic N) is 2. The summed E-state index contributed by atoms with van der Waals surface area (Å²) in [6.45, 7) is 1.76. The molecule has 0 bridgehead atoms. The molecule has 0 aromatic heterocycles. The molecule has 6 nitrogen and oxygen atoms in total. The molecular weight excluding hydrogens is 374 g/mol. The van der Waals surface area contributed by atoms with Crippen LogP contribution in [0.5, 0.6) is 5.75 Å². The van der Waals surface area contributed by atoms with Crippen LogP contribution in [-0.4, -0.2) is 33.1 Å². The smallest absolute Gasteiger partial charge is 0.314 e. The number of nitro benzene ring substituents is 1. The minimum atomic E-state index is -0.521. The third-order valence-electron chi connectivity index (χ3n) is 4.42. The highest BCUT2D eigenvalue weighted by Crippen LogP contribution is 2.35. The number of aromatic hydroxyl groups is 1. The molecule has 136 valence electrons. The molecule has 1 aliphatic rings. The largest absolute Gasteiger partial charge is 0.502 e. The molecule has 0 aliphatic carbocycles. The Balaban J connectivity index is 1.60. The number of fused-ring (bicyclic) bond motifs is 1. The monoisotopic (exact) mass is 391 g/mol. The standard InChI is InChI=1S/C18H18ClN3O3S/c19-14-4-1-12(2-5-14)7-9-20-18(26)21-10-8-15-13(11-21)3-6-16(23)17(15)22(24)25/h1-6,23H,7-11H2,(H,20,26). The van der Waals surface area contributed by atoms with Gasteiger partial charge in [-0.1, -0.05) is 29.8 Å². The van der Waals surface area contributed by atoms with E-state index in [0.717, 1.165) is 12.0 Å². The molecule has 26 heavy (non-hydrogen) atoms. The number of rotatable bonds is 4. The summed E-state index contributed by atoms with van der Waals surface area (Å²) >= 11 is 11.3. The molecule has 2 aromatic carbocycles. The van der Waals surface area contributed by atoms with Crippen LogP contribution in [0.15, 0.2) is 36.4 Å². The normalized spacial score (nSPS) is 13.2. The first-order chi connectivity index (χ1) is 12.5. The van der Waals surface area contributed by atoms with E-state index in [1.165, 1.54) is 11.6 Å². The van der Waals surface area contributed by atoms with E-state index in [9.17, 15) is 15.2 Å². The summed E-state index contributed by atoms with van der Waals surface area (Å²) in [6, 6.07) is 10.8. The van der Waals surface area contributed by atoms with E-state index in [1.54, 1.807) is 6.07 Å². The summed E-state index contributed by atoms with van der Waals surface area (Å²) in [5, 5.41) is 25.5. The highest BCUT2D eigenvalue weighted by molar-refractivity contribution is 7.80. The number of phenols is 1. The van der Waals surface area contributed by atoms with Crippen molar-refractivity contribution >= 4 is 34.6 Å². The lowest BCUT2D eigenvalue weighted by molar-refractivity contribution is -0.386. The van der Waals surface area contributed by atoms with Crippen LogP contribution in [0, 0.1) is 10.1 Å². The molecule has 1 heterocycles. The second kappa shape index (κ2) is 7.88. The Kier molecular flexibility index (Phi) is 5.58. The first kappa shape index (κ1) is 18.4. The fourth-order valence-corrected chi connectivity index (χ4v) is 3.46. The lowest BCUT2D eigenvalue weighted by Gasteiger charge is -2.31. The molecule has 0 fully saturated rings. The van der Waals surface area contributed by atoms with Gasteiger partial charge in [-0.2, -0.15) is 0 Å². The maximum atomic E-state index is 11.2. The average molecular weight is 392 g/mol. The quantitative estimate of drug-likeness (QED) is 0.472. The minimum Gasteiger partial charge on any atom is -0.502 e. The van der Waals surface area contributed by atoms with Gasteiger partial charge in [0.2, 0.25) is 0 Å². The Morgan fingerprint density at radius 1 is 1.31 bits per heavy atom. The van der Waals surface area contributed by atoms with Crippen molar-refractivity contribution in [1.29, 1.82) is 0 Å². The van der Waals surface area contributed by atoms with Crippen molar-refractivity contribution < 1.29 is 10.0 Å². The first-order valence-corrected chi connectivity index (χ1v) is 8.99. The van der Waals surface area contributed by atoms with Crippen LogP contribution in [0.1, 0.15) is 16.7 Å². The highest BCUT2D eigenvalue weighted by Gasteiger charge is 2.28. The third-order valence-corrected chi connectivity index (χ3v) is 5.08. The SMILES string of the molecule is O=[N+]([O-])c1c(O)ccc2c1CCN(C(=S)NCCc1ccc(Cl)cc1)C2. The van der Waals surface area contributed by atoms with Crippen molar-refractivity contribution in [3.8, 4) is 5.75 Å². The summed E-state index contributed by atoms with van der Waals surface area (Å²) in [5.41, 5.74) is 2.39. The second-order valence-corrected chi connectivity index (χ2v) is 6.93. The van der Waals surface area contributed by atoms with Crippen molar-refractivity contribution in [1.82, 2.24) is 10.2 Å². The van der Waals surface area contributed by atoms with Crippen LogP contribution in [0.4, 0.5) is 5.69 Å². The predicted molar refractivity (Wildman–Crippen MR) is 105 cm³/mol. The van der Waals surface area contributed by atoms with Gasteiger partial charge in [0.15, 0.2) is 10.9 Å². The molecule has 1 aliphatic heterocycles. The van der Waals surface area contributed by atoms with Crippen molar-refractivity contribution in [3.05, 3.63) is 68.2 Å². The average Bonchev–Trinajstić information content (AvgIpc) is 2.62. The maximum Gasteiger partial charge on any atom is 0.314 e. The Bertz CT molecular complexity index is 842. The Morgan fingerprint density at radius 2 is 2.04 bits per heavy atom.